The maximum absolute atomic E-state index is 13.8. The summed E-state index contributed by atoms with van der Waals surface area (Å²) in [5.41, 5.74) is 5.46. The molecule has 1 saturated heterocycles. The molecule has 1 aromatic carbocycles. The van der Waals surface area contributed by atoms with Crippen molar-refractivity contribution in [3.63, 3.8) is 0 Å². The Kier molecular flexibility index (Phi) is 6.36. The molecule has 7 nitrogen and oxygen atoms in total. The van der Waals surface area contributed by atoms with E-state index < -0.39 is 11.7 Å². The fourth-order valence-electron chi connectivity index (χ4n) is 3.90. The van der Waals surface area contributed by atoms with Crippen LogP contribution in [0.15, 0.2) is 54.9 Å². The number of nitrogens with one attached hydrogen (secondary N) is 2. The van der Waals surface area contributed by atoms with E-state index in [0.29, 0.717) is 16.9 Å². The number of aromatic nitrogens is 3. The average molecular weight is 500 g/mol. The molecule has 10 heteroatoms. The molecule has 4 aromatic rings. The van der Waals surface area contributed by atoms with Gasteiger partial charge in [-0.25, -0.2) is 14.4 Å². The number of hydrogen-bond acceptors (Lipinski definition) is 5. The number of amides is 1. The molecule has 0 aliphatic carbocycles. The Morgan fingerprint density at radius 2 is 1.97 bits per heavy atom. The molecule has 174 valence electrons. The molecule has 0 unspecified atom stereocenters. The molecule has 0 saturated carbocycles. The third-order valence-electron chi connectivity index (χ3n) is 5.64. The van der Waals surface area contributed by atoms with Crippen LogP contribution >= 0.6 is 23.2 Å². The topological polar surface area (TPSA) is 81.1 Å². The largest absolute Gasteiger partial charge is 0.474 e. The Bertz CT molecular complexity index is 1370. The second kappa shape index (κ2) is 9.58. The second-order valence-corrected chi connectivity index (χ2v) is 8.68. The zero-order chi connectivity index (χ0) is 23.7. The van der Waals surface area contributed by atoms with Gasteiger partial charge in [0, 0.05) is 24.0 Å². The average Bonchev–Trinajstić information content (AvgIpc) is 3.24. The summed E-state index contributed by atoms with van der Waals surface area (Å²) < 4.78 is 21.3. The van der Waals surface area contributed by atoms with Crippen molar-refractivity contribution in [3.05, 3.63) is 76.3 Å². The number of benzene rings is 1. The second-order valence-electron chi connectivity index (χ2n) is 7.90. The molecule has 1 aliphatic heterocycles. The van der Waals surface area contributed by atoms with E-state index in [9.17, 15) is 9.18 Å². The Balaban J connectivity index is 1.38. The minimum absolute atomic E-state index is 0.0565. The first-order valence-electron chi connectivity index (χ1n) is 10.8. The van der Waals surface area contributed by atoms with Crippen molar-refractivity contribution in [1.82, 2.24) is 20.0 Å². The minimum Gasteiger partial charge on any atom is -0.474 e. The van der Waals surface area contributed by atoms with Crippen molar-refractivity contribution in [2.24, 2.45) is 0 Å². The van der Waals surface area contributed by atoms with Crippen molar-refractivity contribution < 1.29 is 13.9 Å². The van der Waals surface area contributed by atoms with Gasteiger partial charge in [-0.15, -0.1) is 0 Å². The van der Waals surface area contributed by atoms with E-state index in [1.54, 1.807) is 18.5 Å². The predicted octanol–water partition coefficient (Wildman–Crippen LogP) is 5.06. The summed E-state index contributed by atoms with van der Waals surface area (Å²) in [6.07, 6.45) is 5.40. The normalized spacial score (nSPS) is 14.3. The van der Waals surface area contributed by atoms with Gasteiger partial charge in [-0.05, 0) is 62.3 Å². The third-order valence-corrected chi connectivity index (χ3v) is 6.33. The Labute approximate surface area is 204 Å². The van der Waals surface area contributed by atoms with Crippen LogP contribution in [0, 0.1) is 5.82 Å². The zero-order valence-electron chi connectivity index (χ0n) is 17.9. The molecule has 4 heterocycles. The summed E-state index contributed by atoms with van der Waals surface area (Å²) in [7, 11) is 0. The Hall–Kier alpha value is -3.20. The lowest BCUT2D eigenvalue weighted by Crippen LogP contribution is -2.34. The zero-order valence-corrected chi connectivity index (χ0v) is 19.4. The highest BCUT2D eigenvalue weighted by Gasteiger charge is 2.19. The Morgan fingerprint density at radius 3 is 2.79 bits per heavy atom. The number of halogens is 3. The fourth-order valence-corrected chi connectivity index (χ4v) is 4.44. The van der Waals surface area contributed by atoms with E-state index in [2.05, 4.69) is 15.7 Å². The quantitative estimate of drug-likeness (QED) is 0.375. The summed E-state index contributed by atoms with van der Waals surface area (Å²) in [5.74, 6) is -0.786. The molecule has 3 aromatic heterocycles. The van der Waals surface area contributed by atoms with Crippen LogP contribution in [0.25, 0.3) is 22.3 Å². The monoisotopic (exact) mass is 499 g/mol. The number of pyridine rings is 2. The summed E-state index contributed by atoms with van der Waals surface area (Å²) in [5, 5.41) is 3.04. The molecule has 0 atom stereocenters. The lowest BCUT2D eigenvalue weighted by atomic mass is 10.1. The van der Waals surface area contributed by atoms with Gasteiger partial charge < -0.3 is 10.1 Å². The van der Waals surface area contributed by atoms with Gasteiger partial charge in [0.2, 0.25) is 5.88 Å². The minimum atomic E-state index is -0.722. The van der Waals surface area contributed by atoms with Gasteiger partial charge in [0.15, 0.2) is 0 Å². The smallest absolute Gasteiger partial charge is 0.273 e. The van der Waals surface area contributed by atoms with Gasteiger partial charge in [0.1, 0.15) is 11.9 Å². The molecule has 34 heavy (non-hydrogen) atoms. The molecule has 5 rings (SSSR count). The number of piperidine rings is 1. The number of ether oxygens (including phenoxy) is 1. The first-order chi connectivity index (χ1) is 16.5. The summed E-state index contributed by atoms with van der Waals surface area (Å²) in [4.78, 5) is 21.8. The standard InChI is InChI=1S/C24H20Cl2FN5O2/c25-16-1-2-17(27)23(26)22(16)24(33)31-32-12-8-19-20(32)4-3-18(30-19)14-5-11-29-21(13-14)34-15-6-9-28-10-7-15/h1-5,8,11-13,15,28H,6-7,9-10H2,(H,31,33). The lowest BCUT2D eigenvalue weighted by Gasteiger charge is -2.23. The molecule has 1 amide bonds. The highest BCUT2D eigenvalue weighted by Crippen LogP contribution is 2.28. The van der Waals surface area contributed by atoms with E-state index >= 15 is 0 Å². The lowest BCUT2D eigenvalue weighted by molar-refractivity contribution is 0.101. The summed E-state index contributed by atoms with van der Waals surface area (Å²) in [6.45, 7) is 1.88. The predicted molar refractivity (Wildman–Crippen MR) is 130 cm³/mol. The Morgan fingerprint density at radius 1 is 1.15 bits per heavy atom. The van der Waals surface area contributed by atoms with Crippen LogP contribution in [0.1, 0.15) is 23.2 Å². The molecule has 1 aliphatic rings. The van der Waals surface area contributed by atoms with Crippen LogP contribution < -0.4 is 15.5 Å². The number of nitrogens with zero attached hydrogens (tertiary/aromatic N) is 3. The number of hydrogen-bond donors (Lipinski definition) is 2. The first-order valence-corrected chi connectivity index (χ1v) is 11.5. The molecule has 0 bridgehead atoms. The molecule has 2 N–H and O–H groups in total. The highest BCUT2D eigenvalue weighted by molar-refractivity contribution is 6.40. The van der Waals surface area contributed by atoms with Crippen molar-refractivity contribution in [2.75, 3.05) is 18.5 Å². The number of rotatable bonds is 5. The maximum Gasteiger partial charge on any atom is 0.273 e. The molecular formula is C24H20Cl2FN5O2. The number of fused-ring (bicyclic) bond motifs is 1. The van der Waals surface area contributed by atoms with Gasteiger partial charge >= 0.3 is 0 Å². The third kappa shape index (κ3) is 4.57. The van der Waals surface area contributed by atoms with Gasteiger partial charge in [0.25, 0.3) is 5.91 Å². The van der Waals surface area contributed by atoms with Gasteiger partial charge in [0.05, 0.1) is 32.3 Å². The molecular weight excluding hydrogens is 480 g/mol. The van der Waals surface area contributed by atoms with E-state index in [1.165, 1.54) is 10.7 Å². The first kappa shape index (κ1) is 22.6. The van der Waals surface area contributed by atoms with Crippen LogP contribution in [-0.4, -0.2) is 39.7 Å². The van der Waals surface area contributed by atoms with Crippen LogP contribution in [0.3, 0.4) is 0 Å². The molecule has 0 spiro atoms. The van der Waals surface area contributed by atoms with Crippen molar-refractivity contribution in [3.8, 4) is 17.1 Å². The van der Waals surface area contributed by atoms with E-state index in [4.69, 9.17) is 32.9 Å². The van der Waals surface area contributed by atoms with Crippen molar-refractivity contribution in [1.29, 1.82) is 0 Å². The molecule has 1 fully saturated rings. The summed E-state index contributed by atoms with van der Waals surface area (Å²) >= 11 is 12.0. The van der Waals surface area contributed by atoms with E-state index in [1.807, 2.05) is 24.3 Å². The number of carbonyl (C=O) groups excluding carboxylic acids is 1. The van der Waals surface area contributed by atoms with Crippen LogP contribution in [-0.2, 0) is 0 Å². The SMILES string of the molecule is O=C(Nn1ccc2nc(-c3ccnc(OC4CCNCC4)c3)ccc21)c1c(Cl)ccc(F)c1Cl. The number of carbonyl (C=O) groups is 1. The van der Waals surface area contributed by atoms with Gasteiger partial charge in [-0.1, -0.05) is 23.2 Å². The van der Waals surface area contributed by atoms with E-state index in [0.717, 1.165) is 43.3 Å². The van der Waals surface area contributed by atoms with Crippen molar-refractivity contribution in [2.45, 2.75) is 18.9 Å². The van der Waals surface area contributed by atoms with Gasteiger partial charge in [-0.2, -0.15) is 0 Å². The fraction of sp³-hybridized carbons (Fsp3) is 0.208. The van der Waals surface area contributed by atoms with Crippen molar-refractivity contribution >= 4 is 40.1 Å². The van der Waals surface area contributed by atoms with Crippen LogP contribution in [0.4, 0.5) is 4.39 Å². The van der Waals surface area contributed by atoms with Crippen LogP contribution in [0.5, 0.6) is 5.88 Å². The summed E-state index contributed by atoms with van der Waals surface area (Å²) in [6, 6.07) is 11.6. The van der Waals surface area contributed by atoms with Crippen LogP contribution in [0.2, 0.25) is 10.0 Å². The molecule has 0 radical (unpaired) electrons. The maximum atomic E-state index is 13.8. The van der Waals surface area contributed by atoms with Gasteiger partial charge in [-0.3, -0.25) is 14.9 Å². The highest BCUT2D eigenvalue weighted by atomic mass is 35.5. The van der Waals surface area contributed by atoms with E-state index in [-0.39, 0.29) is 21.7 Å².